The third-order valence-electron chi connectivity index (χ3n) is 2.60. The maximum Gasteiger partial charge on any atom is 0.0682 e. The van der Waals surface area contributed by atoms with Crippen LogP contribution in [0.1, 0.15) is 18.1 Å². The second kappa shape index (κ2) is 4.49. The van der Waals surface area contributed by atoms with Crippen LogP contribution in [0.5, 0.6) is 0 Å². The van der Waals surface area contributed by atoms with Crippen molar-refractivity contribution < 1.29 is 0 Å². The molecule has 0 aliphatic carbocycles. The molecule has 1 atom stereocenters. The second-order valence-electron chi connectivity index (χ2n) is 4.32. The van der Waals surface area contributed by atoms with Gasteiger partial charge in [0.05, 0.1) is 11.9 Å². The Morgan fingerprint density at radius 1 is 1.31 bits per heavy atom. The van der Waals surface area contributed by atoms with Gasteiger partial charge in [0, 0.05) is 6.04 Å². The fourth-order valence-corrected chi connectivity index (χ4v) is 1.78. The molecule has 0 saturated carbocycles. The summed E-state index contributed by atoms with van der Waals surface area (Å²) in [6, 6.07) is 8.57. The Hall–Kier alpha value is -1.61. The fourth-order valence-electron chi connectivity index (χ4n) is 1.78. The van der Waals surface area contributed by atoms with Gasteiger partial charge in [-0.3, -0.25) is 5.10 Å². The zero-order valence-electron chi connectivity index (χ0n) is 9.70. The van der Waals surface area contributed by atoms with Crippen LogP contribution in [0.2, 0.25) is 0 Å². The average Bonchev–Trinajstić information content (AvgIpc) is 2.66. The number of nitrogens with two attached hydrogens (primary N) is 1. The molecule has 0 aliphatic heterocycles. The van der Waals surface area contributed by atoms with Gasteiger partial charge in [-0.1, -0.05) is 29.8 Å². The summed E-state index contributed by atoms with van der Waals surface area (Å²) in [4.78, 5) is 0. The quantitative estimate of drug-likeness (QED) is 0.825. The van der Waals surface area contributed by atoms with Crippen LogP contribution < -0.4 is 5.73 Å². The van der Waals surface area contributed by atoms with E-state index in [1.54, 1.807) is 0 Å². The molecule has 3 heteroatoms. The molecule has 1 heterocycles. The van der Waals surface area contributed by atoms with Gasteiger partial charge in [0.2, 0.25) is 0 Å². The number of aromatic amines is 1. The summed E-state index contributed by atoms with van der Waals surface area (Å²) in [6.45, 7) is 4.09. The number of rotatable bonds is 3. The van der Waals surface area contributed by atoms with Crippen molar-refractivity contribution >= 4 is 0 Å². The van der Waals surface area contributed by atoms with Crippen molar-refractivity contribution in [2.75, 3.05) is 0 Å². The summed E-state index contributed by atoms with van der Waals surface area (Å²) in [5.74, 6) is 0. The van der Waals surface area contributed by atoms with E-state index in [4.69, 9.17) is 5.73 Å². The van der Waals surface area contributed by atoms with Gasteiger partial charge in [-0.25, -0.2) is 0 Å². The zero-order chi connectivity index (χ0) is 11.5. The summed E-state index contributed by atoms with van der Waals surface area (Å²) in [5, 5.41) is 7.13. The van der Waals surface area contributed by atoms with E-state index in [2.05, 4.69) is 41.4 Å². The standard InChI is InChI=1S/C13H17N3/c1-9-3-5-11(6-4-9)13-12(7-10(2)14)8-15-16-13/h3-6,8,10H,7,14H2,1-2H3,(H,15,16). The molecular weight excluding hydrogens is 198 g/mol. The predicted molar refractivity (Wildman–Crippen MR) is 66.1 cm³/mol. The molecular formula is C13H17N3. The number of H-pyrrole nitrogens is 1. The molecule has 0 bridgehead atoms. The van der Waals surface area contributed by atoms with Crippen LogP contribution in [-0.4, -0.2) is 16.2 Å². The molecule has 0 aliphatic rings. The van der Waals surface area contributed by atoms with Crippen molar-refractivity contribution in [1.29, 1.82) is 0 Å². The summed E-state index contributed by atoms with van der Waals surface area (Å²) >= 11 is 0. The Morgan fingerprint density at radius 3 is 2.62 bits per heavy atom. The van der Waals surface area contributed by atoms with Crippen LogP contribution in [0.3, 0.4) is 0 Å². The Bertz CT molecular complexity index is 454. The lowest BCUT2D eigenvalue weighted by atomic mass is 10.0. The highest BCUT2D eigenvalue weighted by Gasteiger charge is 2.08. The summed E-state index contributed by atoms with van der Waals surface area (Å²) in [6.07, 6.45) is 2.71. The third kappa shape index (κ3) is 2.31. The van der Waals surface area contributed by atoms with E-state index in [1.807, 2.05) is 13.1 Å². The van der Waals surface area contributed by atoms with Gasteiger partial charge in [-0.2, -0.15) is 5.10 Å². The molecule has 3 nitrogen and oxygen atoms in total. The molecule has 3 N–H and O–H groups in total. The molecule has 0 radical (unpaired) electrons. The van der Waals surface area contributed by atoms with E-state index < -0.39 is 0 Å². The lowest BCUT2D eigenvalue weighted by Crippen LogP contribution is -2.17. The largest absolute Gasteiger partial charge is 0.328 e. The monoisotopic (exact) mass is 215 g/mol. The number of aromatic nitrogens is 2. The van der Waals surface area contributed by atoms with E-state index in [1.165, 1.54) is 16.7 Å². The topological polar surface area (TPSA) is 54.7 Å². The van der Waals surface area contributed by atoms with Crippen LogP contribution in [-0.2, 0) is 6.42 Å². The van der Waals surface area contributed by atoms with Gasteiger partial charge in [-0.05, 0) is 31.4 Å². The van der Waals surface area contributed by atoms with Gasteiger partial charge in [0.15, 0.2) is 0 Å². The number of benzene rings is 1. The lowest BCUT2D eigenvalue weighted by molar-refractivity contribution is 0.739. The number of hydrogen-bond donors (Lipinski definition) is 2. The SMILES string of the molecule is Cc1ccc(-c2[nH]ncc2CC(C)N)cc1. The van der Waals surface area contributed by atoms with E-state index in [0.29, 0.717) is 0 Å². The smallest absolute Gasteiger partial charge is 0.0682 e. The van der Waals surface area contributed by atoms with Crippen molar-refractivity contribution in [1.82, 2.24) is 10.2 Å². The predicted octanol–water partition coefficient (Wildman–Crippen LogP) is 2.27. The van der Waals surface area contributed by atoms with Gasteiger partial charge >= 0.3 is 0 Å². The van der Waals surface area contributed by atoms with Crippen molar-refractivity contribution in [3.8, 4) is 11.3 Å². The van der Waals surface area contributed by atoms with Gasteiger partial charge in [0.25, 0.3) is 0 Å². The Balaban J connectivity index is 2.33. The number of aryl methyl sites for hydroxylation is 1. The highest BCUT2D eigenvalue weighted by molar-refractivity contribution is 5.62. The summed E-state index contributed by atoms with van der Waals surface area (Å²) in [5.41, 5.74) is 10.5. The highest BCUT2D eigenvalue weighted by Crippen LogP contribution is 2.22. The first-order valence-electron chi connectivity index (χ1n) is 5.51. The van der Waals surface area contributed by atoms with E-state index in [-0.39, 0.29) is 6.04 Å². The first kappa shape index (κ1) is 10.9. The number of nitrogens with zero attached hydrogens (tertiary/aromatic N) is 1. The first-order chi connectivity index (χ1) is 7.66. The minimum Gasteiger partial charge on any atom is -0.328 e. The minimum absolute atomic E-state index is 0.154. The van der Waals surface area contributed by atoms with Gasteiger partial charge < -0.3 is 5.73 Å². The van der Waals surface area contributed by atoms with Gasteiger partial charge in [0.1, 0.15) is 0 Å². The number of hydrogen-bond acceptors (Lipinski definition) is 2. The van der Waals surface area contributed by atoms with Crippen molar-refractivity contribution in [3.63, 3.8) is 0 Å². The molecule has 1 aromatic heterocycles. The molecule has 2 aromatic rings. The van der Waals surface area contributed by atoms with E-state index >= 15 is 0 Å². The van der Waals surface area contributed by atoms with E-state index in [0.717, 1.165) is 12.1 Å². The Morgan fingerprint density at radius 2 is 2.00 bits per heavy atom. The Labute approximate surface area is 95.7 Å². The average molecular weight is 215 g/mol. The molecule has 0 saturated heterocycles. The minimum atomic E-state index is 0.154. The fraction of sp³-hybridized carbons (Fsp3) is 0.308. The Kier molecular flexibility index (Phi) is 3.06. The lowest BCUT2D eigenvalue weighted by Gasteiger charge is -2.06. The second-order valence-corrected chi connectivity index (χ2v) is 4.32. The first-order valence-corrected chi connectivity index (χ1v) is 5.51. The molecule has 2 rings (SSSR count). The molecule has 84 valence electrons. The third-order valence-corrected chi connectivity index (χ3v) is 2.60. The van der Waals surface area contributed by atoms with Crippen LogP contribution in [0.15, 0.2) is 30.5 Å². The van der Waals surface area contributed by atoms with Gasteiger partial charge in [-0.15, -0.1) is 0 Å². The molecule has 0 spiro atoms. The zero-order valence-corrected chi connectivity index (χ0v) is 9.70. The summed E-state index contributed by atoms with van der Waals surface area (Å²) < 4.78 is 0. The van der Waals surface area contributed by atoms with Crippen LogP contribution in [0.4, 0.5) is 0 Å². The molecule has 1 unspecified atom stereocenters. The maximum absolute atomic E-state index is 5.81. The van der Waals surface area contributed by atoms with Crippen LogP contribution >= 0.6 is 0 Å². The molecule has 1 aromatic carbocycles. The highest BCUT2D eigenvalue weighted by atomic mass is 15.1. The van der Waals surface area contributed by atoms with Crippen molar-refractivity contribution in [3.05, 3.63) is 41.6 Å². The van der Waals surface area contributed by atoms with Crippen LogP contribution in [0, 0.1) is 6.92 Å². The van der Waals surface area contributed by atoms with Crippen molar-refractivity contribution in [2.45, 2.75) is 26.3 Å². The molecule has 16 heavy (non-hydrogen) atoms. The normalized spacial score (nSPS) is 12.7. The van der Waals surface area contributed by atoms with Crippen molar-refractivity contribution in [2.24, 2.45) is 5.73 Å². The summed E-state index contributed by atoms with van der Waals surface area (Å²) in [7, 11) is 0. The van der Waals surface area contributed by atoms with Crippen LogP contribution in [0.25, 0.3) is 11.3 Å². The molecule has 0 amide bonds. The maximum atomic E-state index is 5.81. The number of nitrogens with one attached hydrogen (secondary N) is 1. The molecule has 0 fully saturated rings. The van der Waals surface area contributed by atoms with E-state index in [9.17, 15) is 0 Å².